The number of guanidine groups is 1. The summed E-state index contributed by atoms with van der Waals surface area (Å²) in [6.07, 6.45) is 7.05. The maximum Gasteiger partial charge on any atom is 0.191 e. The highest BCUT2D eigenvalue weighted by atomic mass is 16.5. The number of nitrogens with zero attached hydrogens (tertiary/aromatic N) is 3. The summed E-state index contributed by atoms with van der Waals surface area (Å²) in [6, 6.07) is 0.728. The molecule has 152 valence electrons. The molecule has 0 aromatic carbocycles. The minimum atomic E-state index is 0.543. The Morgan fingerprint density at radius 2 is 2.15 bits per heavy atom. The topological polar surface area (TPSA) is 61.8 Å². The number of methoxy groups -OCH3 is 1. The summed E-state index contributed by atoms with van der Waals surface area (Å²) in [6.45, 7) is 13.2. The van der Waals surface area contributed by atoms with Gasteiger partial charge in [0.05, 0.1) is 19.3 Å². The lowest BCUT2D eigenvalue weighted by Crippen LogP contribution is -2.41. The highest BCUT2D eigenvalue weighted by Gasteiger charge is 2.17. The van der Waals surface area contributed by atoms with Crippen molar-refractivity contribution < 1.29 is 4.74 Å². The molecular formula is C21H37N5O. The predicted molar refractivity (Wildman–Crippen MR) is 113 cm³/mol. The summed E-state index contributed by atoms with van der Waals surface area (Å²) in [5.74, 6) is 1.76. The fraction of sp³-hybridized carbons (Fsp3) is 0.714. The SMILES string of the molecule is CCNC(=NCc1ncc(C)c(OC)c1C)NCCCN1CCCCC1C. The highest BCUT2D eigenvalue weighted by molar-refractivity contribution is 5.79. The van der Waals surface area contributed by atoms with Crippen molar-refractivity contribution >= 4 is 5.96 Å². The molecule has 0 amide bonds. The fourth-order valence-electron chi connectivity index (χ4n) is 3.70. The Kier molecular flexibility index (Phi) is 8.85. The van der Waals surface area contributed by atoms with Gasteiger partial charge in [-0.05, 0) is 53.5 Å². The molecule has 27 heavy (non-hydrogen) atoms. The largest absolute Gasteiger partial charge is 0.496 e. The Hall–Kier alpha value is -1.82. The van der Waals surface area contributed by atoms with Crippen molar-refractivity contribution in [3.8, 4) is 5.75 Å². The molecule has 1 aromatic rings. The number of aryl methyl sites for hydroxylation is 1. The summed E-state index contributed by atoms with van der Waals surface area (Å²) in [5.41, 5.74) is 3.08. The van der Waals surface area contributed by atoms with E-state index in [1.165, 1.54) is 25.8 Å². The average Bonchev–Trinajstić information content (AvgIpc) is 2.66. The third-order valence-corrected chi connectivity index (χ3v) is 5.34. The Bertz CT molecular complexity index is 617. The molecule has 0 spiro atoms. The molecule has 2 N–H and O–H groups in total. The third kappa shape index (κ3) is 6.38. The average molecular weight is 376 g/mol. The van der Waals surface area contributed by atoms with Crippen LogP contribution in [0.4, 0.5) is 0 Å². The Balaban J connectivity index is 1.87. The molecule has 1 saturated heterocycles. The molecule has 1 unspecified atom stereocenters. The minimum Gasteiger partial charge on any atom is -0.496 e. The Labute approximate surface area is 164 Å². The van der Waals surface area contributed by atoms with Crippen LogP contribution in [-0.2, 0) is 6.54 Å². The van der Waals surface area contributed by atoms with E-state index in [2.05, 4.69) is 34.4 Å². The number of nitrogens with one attached hydrogen (secondary N) is 2. The second-order valence-electron chi connectivity index (χ2n) is 7.40. The standard InChI is InChI=1S/C21H37N5O/c1-6-22-21(23-11-9-13-26-12-8-7-10-17(26)3)25-15-19-18(4)20(27-5)16(2)14-24-19/h14,17H,6-13,15H2,1-5H3,(H2,22,23,25). The van der Waals surface area contributed by atoms with E-state index in [4.69, 9.17) is 9.73 Å². The monoisotopic (exact) mass is 375 g/mol. The maximum atomic E-state index is 5.49. The number of piperidine rings is 1. The summed E-state index contributed by atoms with van der Waals surface area (Å²) in [7, 11) is 1.71. The van der Waals surface area contributed by atoms with Gasteiger partial charge in [0.25, 0.3) is 0 Å². The van der Waals surface area contributed by atoms with Crippen LogP contribution >= 0.6 is 0 Å². The number of ether oxygens (including phenoxy) is 1. The molecule has 1 aromatic heterocycles. The Morgan fingerprint density at radius 3 is 2.85 bits per heavy atom. The first-order valence-corrected chi connectivity index (χ1v) is 10.3. The molecule has 1 aliphatic rings. The first-order valence-electron chi connectivity index (χ1n) is 10.3. The van der Waals surface area contributed by atoms with Crippen molar-refractivity contribution in [2.75, 3.05) is 33.3 Å². The lowest BCUT2D eigenvalue weighted by Gasteiger charge is -2.33. The van der Waals surface area contributed by atoms with E-state index < -0.39 is 0 Å². The lowest BCUT2D eigenvalue weighted by atomic mass is 10.0. The smallest absolute Gasteiger partial charge is 0.191 e. The van der Waals surface area contributed by atoms with Crippen LogP contribution in [0.15, 0.2) is 11.2 Å². The zero-order valence-electron chi connectivity index (χ0n) is 17.8. The van der Waals surface area contributed by atoms with Crippen molar-refractivity contribution in [3.63, 3.8) is 0 Å². The number of aromatic nitrogens is 1. The summed E-state index contributed by atoms with van der Waals surface area (Å²) < 4.78 is 5.49. The van der Waals surface area contributed by atoms with Crippen LogP contribution in [0.25, 0.3) is 0 Å². The molecule has 1 atom stereocenters. The molecule has 0 saturated carbocycles. The van der Waals surface area contributed by atoms with Gasteiger partial charge in [-0.25, -0.2) is 4.99 Å². The second-order valence-corrected chi connectivity index (χ2v) is 7.40. The number of likely N-dealkylation sites (tertiary alicyclic amines) is 1. The van der Waals surface area contributed by atoms with Gasteiger partial charge in [-0.3, -0.25) is 4.98 Å². The zero-order valence-corrected chi connectivity index (χ0v) is 17.8. The van der Waals surface area contributed by atoms with Crippen molar-refractivity contribution in [1.29, 1.82) is 0 Å². The Morgan fingerprint density at radius 1 is 1.33 bits per heavy atom. The number of pyridine rings is 1. The lowest BCUT2D eigenvalue weighted by molar-refractivity contribution is 0.159. The predicted octanol–water partition coefficient (Wildman–Crippen LogP) is 3.03. The van der Waals surface area contributed by atoms with Crippen molar-refractivity contribution in [2.45, 2.75) is 66.0 Å². The first-order chi connectivity index (χ1) is 13.1. The van der Waals surface area contributed by atoms with Crippen LogP contribution in [-0.4, -0.2) is 55.2 Å². The van der Waals surface area contributed by atoms with Crippen molar-refractivity contribution in [2.24, 2.45) is 4.99 Å². The van der Waals surface area contributed by atoms with Gasteiger partial charge < -0.3 is 20.3 Å². The van der Waals surface area contributed by atoms with Crippen LogP contribution in [0, 0.1) is 13.8 Å². The number of hydrogen-bond donors (Lipinski definition) is 2. The summed E-state index contributed by atoms with van der Waals surface area (Å²) in [5, 5.41) is 6.78. The molecule has 6 heteroatoms. The normalized spacial score (nSPS) is 18.4. The second kappa shape index (κ2) is 11.1. The first kappa shape index (κ1) is 21.5. The van der Waals surface area contributed by atoms with Gasteiger partial charge in [0, 0.05) is 43.0 Å². The van der Waals surface area contributed by atoms with Crippen LogP contribution in [0.5, 0.6) is 5.75 Å². The molecular weight excluding hydrogens is 338 g/mol. The molecule has 1 aliphatic heterocycles. The van der Waals surface area contributed by atoms with Crippen molar-refractivity contribution in [3.05, 3.63) is 23.0 Å². The van der Waals surface area contributed by atoms with Crippen LogP contribution < -0.4 is 15.4 Å². The van der Waals surface area contributed by atoms with Gasteiger partial charge in [0.2, 0.25) is 0 Å². The van der Waals surface area contributed by atoms with Crippen LogP contribution in [0.2, 0.25) is 0 Å². The molecule has 2 rings (SSSR count). The van der Waals surface area contributed by atoms with Crippen LogP contribution in [0.3, 0.4) is 0 Å². The molecule has 0 bridgehead atoms. The van der Waals surface area contributed by atoms with Gasteiger partial charge in [0.1, 0.15) is 5.75 Å². The van der Waals surface area contributed by atoms with Gasteiger partial charge >= 0.3 is 0 Å². The minimum absolute atomic E-state index is 0.543. The van der Waals surface area contributed by atoms with Gasteiger partial charge in [-0.15, -0.1) is 0 Å². The van der Waals surface area contributed by atoms with E-state index in [0.29, 0.717) is 6.54 Å². The molecule has 0 radical (unpaired) electrons. The molecule has 2 heterocycles. The number of rotatable bonds is 8. The highest BCUT2D eigenvalue weighted by Crippen LogP contribution is 2.24. The summed E-state index contributed by atoms with van der Waals surface area (Å²) in [4.78, 5) is 11.9. The number of hydrogen-bond acceptors (Lipinski definition) is 4. The van der Waals surface area contributed by atoms with Crippen LogP contribution in [0.1, 0.15) is 56.4 Å². The quantitative estimate of drug-likeness (QED) is 0.415. The van der Waals surface area contributed by atoms with E-state index in [-0.39, 0.29) is 0 Å². The van der Waals surface area contributed by atoms with E-state index in [1.54, 1.807) is 7.11 Å². The van der Waals surface area contributed by atoms with Gasteiger partial charge in [-0.1, -0.05) is 6.42 Å². The maximum absolute atomic E-state index is 5.49. The number of aliphatic imine (C=N–C) groups is 1. The van der Waals surface area contributed by atoms with E-state index in [9.17, 15) is 0 Å². The zero-order chi connectivity index (χ0) is 19.6. The molecule has 0 aliphatic carbocycles. The third-order valence-electron chi connectivity index (χ3n) is 5.34. The van der Waals surface area contributed by atoms with Crippen molar-refractivity contribution in [1.82, 2.24) is 20.5 Å². The molecule has 6 nitrogen and oxygen atoms in total. The van der Waals surface area contributed by atoms with E-state index >= 15 is 0 Å². The van der Waals surface area contributed by atoms with Gasteiger partial charge in [0.15, 0.2) is 5.96 Å². The van der Waals surface area contributed by atoms with E-state index in [0.717, 1.165) is 60.6 Å². The molecule has 1 fully saturated rings. The van der Waals surface area contributed by atoms with E-state index in [1.807, 2.05) is 20.0 Å². The van der Waals surface area contributed by atoms with Gasteiger partial charge in [-0.2, -0.15) is 0 Å². The fourth-order valence-corrected chi connectivity index (χ4v) is 3.70. The summed E-state index contributed by atoms with van der Waals surface area (Å²) >= 11 is 0.